The second-order valence-corrected chi connectivity index (χ2v) is 2.56. The number of hydrogen-bond donors (Lipinski definition) is 1. The fourth-order valence-electron chi connectivity index (χ4n) is 1.07. The summed E-state index contributed by atoms with van der Waals surface area (Å²) in [5, 5.41) is 10.9. The number of nitrogens with one attached hydrogen (secondary N) is 1. The number of hydrogen-bond acceptors (Lipinski definition) is 4. The molecule has 0 amide bonds. The molecule has 0 spiro atoms. The van der Waals surface area contributed by atoms with Gasteiger partial charge in [0, 0.05) is 5.56 Å². The van der Waals surface area contributed by atoms with Gasteiger partial charge in [0.1, 0.15) is 5.71 Å². The van der Waals surface area contributed by atoms with E-state index in [1.807, 2.05) is 18.2 Å². The van der Waals surface area contributed by atoms with Gasteiger partial charge in [-0.3, -0.25) is 5.41 Å². The number of rotatable bonds is 1. The molecular weight excluding hydrogens is 168 g/mol. The van der Waals surface area contributed by atoms with Gasteiger partial charge in [-0.2, -0.15) is 0 Å². The fourth-order valence-corrected chi connectivity index (χ4v) is 1.07. The molecule has 0 unspecified atom stereocenters. The molecule has 0 aromatic heterocycles. The van der Waals surface area contributed by atoms with Gasteiger partial charge in [0.25, 0.3) is 0 Å². The van der Waals surface area contributed by atoms with Crippen LogP contribution in [0.4, 0.5) is 0 Å². The predicted octanol–water partition coefficient (Wildman–Crippen LogP) is 0.967. The summed E-state index contributed by atoms with van der Waals surface area (Å²) in [7, 11) is 0. The molecule has 1 aliphatic heterocycles. The van der Waals surface area contributed by atoms with E-state index in [9.17, 15) is 4.79 Å². The Hall–Kier alpha value is -1.97. The first kappa shape index (κ1) is 7.67. The minimum atomic E-state index is -0.696. The van der Waals surface area contributed by atoms with Crippen LogP contribution >= 0.6 is 0 Å². The molecule has 0 fully saturated rings. The lowest BCUT2D eigenvalue weighted by molar-refractivity contribution is -0.134. The maximum atomic E-state index is 10.8. The van der Waals surface area contributed by atoms with Crippen molar-refractivity contribution in [2.75, 3.05) is 0 Å². The smallest absolute Gasteiger partial charge is 0.310 e. The highest BCUT2D eigenvalue weighted by Crippen LogP contribution is 2.08. The Balaban J connectivity index is 2.39. The summed E-state index contributed by atoms with van der Waals surface area (Å²) in [5.74, 6) is -0.696. The van der Waals surface area contributed by atoms with E-state index < -0.39 is 5.97 Å². The zero-order valence-electron chi connectivity index (χ0n) is 6.65. The average molecular weight is 174 g/mol. The van der Waals surface area contributed by atoms with Crippen LogP contribution in [-0.2, 0) is 9.63 Å². The molecule has 2 rings (SSSR count). The minimum absolute atomic E-state index is 0.189. The molecule has 0 atom stereocenters. The van der Waals surface area contributed by atoms with Crippen molar-refractivity contribution in [1.29, 1.82) is 5.41 Å². The van der Waals surface area contributed by atoms with E-state index in [0.717, 1.165) is 5.56 Å². The Kier molecular flexibility index (Phi) is 1.66. The second kappa shape index (κ2) is 2.82. The number of carbonyl (C=O) groups is 1. The van der Waals surface area contributed by atoms with Crippen LogP contribution in [0.1, 0.15) is 5.56 Å². The highest BCUT2D eigenvalue weighted by atomic mass is 16.7. The molecule has 0 bridgehead atoms. The molecule has 1 heterocycles. The zero-order chi connectivity index (χ0) is 9.26. The van der Waals surface area contributed by atoms with Crippen molar-refractivity contribution >= 4 is 17.4 Å². The average Bonchev–Trinajstić information content (AvgIpc) is 2.49. The Labute approximate surface area is 74.3 Å². The summed E-state index contributed by atoms with van der Waals surface area (Å²) in [4.78, 5) is 15.2. The van der Waals surface area contributed by atoms with E-state index in [1.54, 1.807) is 12.1 Å². The lowest BCUT2D eigenvalue weighted by Gasteiger charge is -1.94. The van der Waals surface area contributed by atoms with Gasteiger partial charge in [0.15, 0.2) is 5.71 Å². The Bertz CT molecular complexity index is 395. The highest BCUT2D eigenvalue weighted by molar-refractivity contribution is 6.69. The topological polar surface area (TPSA) is 62.5 Å². The van der Waals surface area contributed by atoms with Crippen LogP contribution in [0.3, 0.4) is 0 Å². The maximum absolute atomic E-state index is 10.8. The van der Waals surface area contributed by atoms with Gasteiger partial charge in [0.05, 0.1) is 0 Å². The van der Waals surface area contributed by atoms with Crippen LogP contribution in [0.15, 0.2) is 35.5 Å². The van der Waals surface area contributed by atoms with Crippen molar-refractivity contribution < 1.29 is 9.63 Å². The molecule has 0 saturated carbocycles. The van der Waals surface area contributed by atoms with Crippen LogP contribution in [0.2, 0.25) is 0 Å². The predicted molar refractivity (Wildman–Crippen MR) is 46.8 cm³/mol. The summed E-state index contributed by atoms with van der Waals surface area (Å²) in [6, 6.07) is 9.03. The third-order valence-electron chi connectivity index (χ3n) is 1.71. The zero-order valence-corrected chi connectivity index (χ0v) is 6.65. The summed E-state index contributed by atoms with van der Waals surface area (Å²) in [5.41, 5.74) is 0.829. The van der Waals surface area contributed by atoms with E-state index in [1.165, 1.54) is 0 Å². The van der Waals surface area contributed by atoms with Crippen LogP contribution in [0.5, 0.6) is 0 Å². The van der Waals surface area contributed by atoms with Gasteiger partial charge in [0.2, 0.25) is 0 Å². The standard InChI is InChI=1S/C9H6N2O2/c10-7-8(11-13-9(7)12)6-4-2-1-3-5-6/h1-5,10H. The van der Waals surface area contributed by atoms with Gasteiger partial charge in [-0.25, -0.2) is 4.79 Å². The molecule has 0 aliphatic carbocycles. The summed E-state index contributed by atoms with van der Waals surface area (Å²) in [6.45, 7) is 0. The first-order valence-electron chi connectivity index (χ1n) is 3.73. The van der Waals surface area contributed by atoms with Crippen molar-refractivity contribution in [3.8, 4) is 0 Å². The van der Waals surface area contributed by atoms with Crippen molar-refractivity contribution in [2.45, 2.75) is 0 Å². The Morgan fingerprint density at radius 2 is 1.92 bits per heavy atom. The third-order valence-corrected chi connectivity index (χ3v) is 1.71. The molecule has 64 valence electrons. The molecule has 1 aromatic carbocycles. The summed E-state index contributed by atoms with van der Waals surface area (Å²) in [6.07, 6.45) is 0. The molecule has 1 aliphatic rings. The Morgan fingerprint density at radius 3 is 2.46 bits per heavy atom. The van der Waals surface area contributed by atoms with Crippen LogP contribution in [-0.4, -0.2) is 17.4 Å². The number of oxime groups is 1. The summed E-state index contributed by atoms with van der Waals surface area (Å²) < 4.78 is 0. The minimum Gasteiger partial charge on any atom is -0.310 e. The molecule has 13 heavy (non-hydrogen) atoms. The van der Waals surface area contributed by atoms with Crippen molar-refractivity contribution in [3.63, 3.8) is 0 Å². The van der Waals surface area contributed by atoms with E-state index in [0.29, 0.717) is 5.71 Å². The van der Waals surface area contributed by atoms with Gasteiger partial charge in [-0.05, 0) is 0 Å². The lowest BCUT2D eigenvalue weighted by Crippen LogP contribution is -2.16. The fraction of sp³-hybridized carbons (Fsp3) is 0. The normalized spacial score (nSPS) is 15.5. The van der Waals surface area contributed by atoms with E-state index in [4.69, 9.17) is 5.41 Å². The highest BCUT2D eigenvalue weighted by Gasteiger charge is 2.26. The van der Waals surface area contributed by atoms with Gasteiger partial charge < -0.3 is 4.84 Å². The van der Waals surface area contributed by atoms with Crippen molar-refractivity contribution in [1.82, 2.24) is 0 Å². The number of benzene rings is 1. The maximum Gasteiger partial charge on any atom is 0.385 e. The molecule has 0 radical (unpaired) electrons. The monoisotopic (exact) mass is 174 g/mol. The molecule has 1 aromatic rings. The first-order valence-corrected chi connectivity index (χ1v) is 3.73. The largest absolute Gasteiger partial charge is 0.385 e. The lowest BCUT2D eigenvalue weighted by atomic mass is 10.1. The van der Waals surface area contributed by atoms with Crippen LogP contribution in [0.25, 0.3) is 0 Å². The van der Waals surface area contributed by atoms with Gasteiger partial charge in [-0.15, -0.1) is 0 Å². The number of nitrogens with zero attached hydrogens (tertiary/aromatic N) is 1. The SMILES string of the molecule is N=C1C(=O)ON=C1c1ccccc1. The molecule has 1 N–H and O–H groups in total. The van der Waals surface area contributed by atoms with Crippen molar-refractivity contribution in [3.05, 3.63) is 35.9 Å². The van der Waals surface area contributed by atoms with Gasteiger partial charge in [-0.1, -0.05) is 35.5 Å². The van der Waals surface area contributed by atoms with E-state index in [-0.39, 0.29) is 5.71 Å². The van der Waals surface area contributed by atoms with Crippen LogP contribution < -0.4 is 0 Å². The van der Waals surface area contributed by atoms with E-state index >= 15 is 0 Å². The molecular formula is C9H6N2O2. The third kappa shape index (κ3) is 1.22. The van der Waals surface area contributed by atoms with E-state index in [2.05, 4.69) is 9.99 Å². The quantitative estimate of drug-likeness (QED) is 0.644. The molecule has 4 heteroatoms. The Morgan fingerprint density at radius 1 is 1.23 bits per heavy atom. The number of carbonyl (C=O) groups excluding carboxylic acids is 1. The molecule has 4 nitrogen and oxygen atoms in total. The van der Waals surface area contributed by atoms with Crippen molar-refractivity contribution in [2.24, 2.45) is 5.16 Å². The van der Waals surface area contributed by atoms with Crippen LogP contribution in [0, 0.1) is 5.41 Å². The summed E-state index contributed by atoms with van der Waals surface area (Å²) >= 11 is 0. The second-order valence-electron chi connectivity index (χ2n) is 2.56. The first-order chi connectivity index (χ1) is 6.29. The van der Waals surface area contributed by atoms with Gasteiger partial charge >= 0.3 is 5.97 Å². The molecule has 0 saturated heterocycles.